The summed E-state index contributed by atoms with van der Waals surface area (Å²) < 4.78 is 37.8. The molecule has 26 heavy (non-hydrogen) atoms. The first kappa shape index (κ1) is 19.8. The van der Waals surface area contributed by atoms with Crippen molar-refractivity contribution in [1.29, 1.82) is 5.26 Å². The maximum atomic E-state index is 12.8. The lowest BCUT2D eigenvalue weighted by Gasteiger charge is -2.24. The first-order valence-electron chi connectivity index (χ1n) is 7.76. The second-order valence-electron chi connectivity index (χ2n) is 5.38. The van der Waals surface area contributed by atoms with Crippen LogP contribution in [0.1, 0.15) is 18.9 Å². The molecule has 0 N–H and O–H groups in total. The van der Waals surface area contributed by atoms with E-state index < -0.39 is 17.0 Å². The van der Waals surface area contributed by atoms with Gasteiger partial charge in [0.2, 0.25) is 5.91 Å². The third kappa shape index (κ3) is 5.23. The van der Waals surface area contributed by atoms with Gasteiger partial charge in [-0.05, 0) is 31.2 Å². The maximum Gasteiger partial charge on any atom is 0.417 e. The Bertz CT molecular complexity index is 773. The SMILES string of the molecule is CC(Sc1ccc(C(F)(F)F)cn1)C(=O)N(CCC#N)c1ccccc1. The number of rotatable bonds is 6. The first-order valence-corrected chi connectivity index (χ1v) is 8.64. The average molecular weight is 379 g/mol. The highest BCUT2D eigenvalue weighted by Crippen LogP contribution is 2.31. The Morgan fingerprint density at radius 2 is 1.96 bits per heavy atom. The monoisotopic (exact) mass is 379 g/mol. The van der Waals surface area contributed by atoms with Gasteiger partial charge in [0.1, 0.15) is 0 Å². The van der Waals surface area contributed by atoms with Gasteiger partial charge in [-0.3, -0.25) is 4.79 Å². The molecule has 0 spiro atoms. The second-order valence-corrected chi connectivity index (χ2v) is 6.74. The fourth-order valence-corrected chi connectivity index (χ4v) is 3.06. The van der Waals surface area contributed by atoms with E-state index in [9.17, 15) is 18.0 Å². The molecular weight excluding hydrogens is 363 g/mol. The van der Waals surface area contributed by atoms with Crippen molar-refractivity contribution in [2.45, 2.75) is 29.8 Å². The minimum Gasteiger partial charge on any atom is -0.310 e. The van der Waals surface area contributed by atoms with Crippen molar-refractivity contribution in [3.05, 3.63) is 54.2 Å². The Labute approximate surface area is 153 Å². The van der Waals surface area contributed by atoms with Crippen LogP contribution in [0, 0.1) is 11.3 Å². The third-order valence-corrected chi connectivity index (χ3v) is 4.53. The molecule has 1 heterocycles. The number of carbonyl (C=O) groups excluding carboxylic acids is 1. The van der Waals surface area contributed by atoms with E-state index in [4.69, 9.17) is 5.26 Å². The number of carbonyl (C=O) groups is 1. The number of hydrogen-bond donors (Lipinski definition) is 0. The molecule has 2 aromatic rings. The van der Waals surface area contributed by atoms with Crippen LogP contribution in [0.3, 0.4) is 0 Å². The van der Waals surface area contributed by atoms with Crippen molar-refractivity contribution in [3.63, 3.8) is 0 Å². The number of nitrogens with zero attached hydrogens (tertiary/aromatic N) is 3. The highest BCUT2D eigenvalue weighted by molar-refractivity contribution is 8.00. The number of amides is 1. The molecule has 4 nitrogen and oxygen atoms in total. The molecule has 1 aromatic carbocycles. The van der Waals surface area contributed by atoms with Gasteiger partial charge in [-0.15, -0.1) is 0 Å². The minimum absolute atomic E-state index is 0.177. The Morgan fingerprint density at radius 3 is 2.50 bits per heavy atom. The van der Waals surface area contributed by atoms with Crippen LogP contribution in [0.4, 0.5) is 18.9 Å². The molecule has 0 aliphatic heterocycles. The Kier molecular flexibility index (Phi) is 6.64. The van der Waals surface area contributed by atoms with E-state index in [1.165, 1.54) is 11.0 Å². The molecule has 1 unspecified atom stereocenters. The van der Waals surface area contributed by atoms with Crippen LogP contribution >= 0.6 is 11.8 Å². The lowest BCUT2D eigenvalue weighted by Crippen LogP contribution is -2.37. The maximum absolute atomic E-state index is 12.8. The van der Waals surface area contributed by atoms with E-state index in [1.807, 2.05) is 12.1 Å². The fourth-order valence-electron chi connectivity index (χ4n) is 2.20. The van der Waals surface area contributed by atoms with Gasteiger partial charge in [0.05, 0.1) is 28.3 Å². The molecular formula is C18H16F3N3OS. The van der Waals surface area contributed by atoms with Crippen LogP contribution in [0.25, 0.3) is 0 Å². The molecule has 0 saturated heterocycles. The largest absolute Gasteiger partial charge is 0.417 e. The highest BCUT2D eigenvalue weighted by atomic mass is 32.2. The van der Waals surface area contributed by atoms with Crippen molar-refractivity contribution in [2.24, 2.45) is 0 Å². The number of benzene rings is 1. The first-order chi connectivity index (χ1) is 12.3. The molecule has 1 aromatic heterocycles. The van der Waals surface area contributed by atoms with Crippen LogP contribution in [-0.4, -0.2) is 22.7 Å². The number of alkyl halides is 3. The van der Waals surface area contributed by atoms with Crippen molar-refractivity contribution in [2.75, 3.05) is 11.4 Å². The van der Waals surface area contributed by atoms with Crippen LogP contribution < -0.4 is 4.90 Å². The van der Waals surface area contributed by atoms with Gasteiger partial charge in [0.15, 0.2) is 0 Å². The van der Waals surface area contributed by atoms with Crippen LogP contribution in [-0.2, 0) is 11.0 Å². The fraction of sp³-hybridized carbons (Fsp3) is 0.278. The number of nitriles is 1. The van der Waals surface area contributed by atoms with E-state index in [1.54, 1.807) is 31.2 Å². The van der Waals surface area contributed by atoms with E-state index >= 15 is 0 Å². The molecule has 0 aliphatic carbocycles. The molecule has 2 rings (SSSR count). The summed E-state index contributed by atoms with van der Waals surface area (Å²) in [4.78, 5) is 18.1. The quantitative estimate of drug-likeness (QED) is 0.692. The van der Waals surface area contributed by atoms with Gasteiger partial charge in [-0.25, -0.2) is 4.98 Å². The molecule has 0 bridgehead atoms. The van der Waals surface area contributed by atoms with Crippen molar-refractivity contribution >= 4 is 23.4 Å². The summed E-state index contributed by atoms with van der Waals surface area (Å²) in [7, 11) is 0. The Hall–Kier alpha value is -2.53. The van der Waals surface area contributed by atoms with Crippen molar-refractivity contribution in [1.82, 2.24) is 4.98 Å². The van der Waals surface area contributed by atoms with E-state index in [0.29, 0.717) is 10.7 Å². The smallest absolute Gasteiger partial charge is 0.310 e. The van der Waals surface area contributed by atoms with Gasteiger partial charge < -0.3 is 4.90 Å². The van der Waals surface area contributed by atoms with Gasteiger partial charge in [0, 0.05) is 18.4 Å². The molecule has 136 valence electrons. The molecule has 8 heteroatoms. The van der Waals surface area contributed by atoms with E-state index in [-0.39, 0.29) is 18.9 Å². The number of aromatic nitrogens is 1. The molecule has 0 saturated carbocycles. The molecule has 1 amide bonds. The summed E-state index contributed by atoms with van der Waals surface area (Å²) in [5.74, 6) is -0.238. The topological polar surface area (TPSA) is 57.0 Å². The predicted octanol–water partition coefficient (Wildman–Crippen LogP) is 4.53. The zero-order valence-electron chi connectivity index (χ0n) is 13.9. The molecule has 0 fully saturated rings. The van der Waals surface area contributed by atoms with Crippen LogP contribution in [0.15, 0.2) is 53.7 Å². The van der Waals surface area contributed by atoms with Crippen molar-refractivity contribution < 1.29 is 18.0 Å². The van der Waals surface area contributed by atoms with Crippen LogP contribution in [0.2, 0.25) is 0 Å². The van der Waals surface area contributed by atoms with Crippen molar-refractivity contribution in [3.8, 4) is 6.07 Å². The van der Waals surface area contributed by atoms with Gasteiger partial charge in [-0.2, -0.15) is 18.4 Å². The summed E-state index contributed by atoms with van der Waals surface area (Å²) in [6.07, 6.45) is -3.51. The number of hydrogen-bond acceptors (Lipinski definition) is 4. The highest BCUT2D eigenvalue weighted by Gasteiger charge is 2.31. The summed E-state index contributed by atoms with van der Waals surface area (Å²) in [5, 5.41) is 8.57. The lowest BCUT2D eigenvalue weighted by molar-refractivity contribution is -0.137. The number of thioether (sulfide) groups is 1. The predicted molar refractivity (Wildman–Crippen MR) is 93.6 cm³/mol. The Morgan fingerprint density at radius 1 is 1.27 bits per heavy atom. The standard InChI is InChI=1S/C18H16F3N3OS/c1-13(26-16-9-8-14(12-23-16)18(19,20)21)17(25)24(11-5-10-22)15-6-3-2-4-7-15/h2-4,6-9,12-13H,5,11H2,1H3. The number of pyridine rings is 1. The average Bonchev–Trinajstić information content (AvgIpc) is 2.62. The van der Waals surface area contributed by atoms with Crippen LogP contribution in [0.5, 0.6) is 0 Å². The molecule has 1 atom stereocenters. The third-order valence-electron chi connectivity index (χ3n) is 3.49. The zero-order valence-corrected chi connectivity index (χ0v) is 14.7. The second kappa shape index (κ2) is 8.72. The summed E-state index contributed by atoms with van der Waals surface area (Å²) in [6, 6.07) is 13.1. The van der Waals surface area contributed by atoms with E-state index in [0.717, 1.165) is 24.0 Å². The summed E-state index contributed by atoms with van der Waals surface area (Å²) >= 11 is 1.07. The van der Waals surface area contributed by atoms with Gasteiger partial charge in [0.25, 0.3) is 0 Å². The summed E-state index contributed by atoms with van der Waals surface area (Å²) in [6.45, 7) is 1.90. The molecule has 0 radical (unpaired) electrons. The van der Waals surface area contributed by atoms with E-state index in [2.05, 4.69) is 4.98 Å². The molecule has 0 aliphatic rings. The number of halogens is 3. The lowest BCUT2D eigenvalue weighted by atomic mass is 10.2. The normalized spacial score (nSPS) is 12.3. The Balaban J connectivity index is 2.12. The van der Waals surface area contributed by atoms with Gasteiger partial charge >= 0.3 is 6.18 Å². The minimum atomic E-state index is -4.45. The van der Waals surface area contributed by atoms with Gasteiger partial charge in [-0.1, -0.05) is 30.0 Å². The zero-order chi connectivity index (χ0) is 19.2. The number of anilines is 1. The number of para-hydroxylation sites is 1. The summed E-state index contributed by atoms with van der Waals surface area (Å²) in [5.41, 5.74) is -0.165.